The molecule has 124 valence electrons. The van der Waals surface area contributed by atoms with Crippen LogP contribution in [0.25, 0.3) is 49.5 Å². The zero-order valence-electron chi connectivity index (χ0n) is 14.9. The number of rotatable bonds is 3. The van der Waals surface area contributed by atoms with E-state index in [9.17, 15) is 0 Å². The third-order valence-corrected chi connectivity index (χ3v) is 5.55. The van der Waals surface area contributed by atoms with Crippen molar-refractivity contribution in [1.82, 2.24) is 0 Å². The third kappa shape index (κ3) is 2.09. The fourth-order valence-corrected chi connectivity index (χ4v) is 4.28. The molecule has 5 aromatic rings. The van der Waals surface area contributed by atoms with Gasteiger partial charge in [-0.2, -0.15) is 0 Å². The quantitative estimate of drug-likeness (QED) is 0.301. The average Bonchev–Trinajstić information content (AvgIpc) is 2.71. The van der Waals surface area contributed by atoms with E-state index in [1.807, 2.05) is 6.08 Å². The van der Waals surface area contributed by atoms with Crippen molar-refractivity contribution < 1.29 is 0 Å². The summed E-state index contributed by atoms with van der Waals surface area (Å²) in [6, 6.07) is 26.8. The molecule has 0 N–H and O–H groups in total. The van der Waals surface area contributed by atoms with Crippen LogP contribution in [0, 0.1) is 0 Å². The smallest absolute Gasteiger partial charge is 0.00204 e. The Bertz CT molecular complexity index is 1240. The fraction of sp³-hybridized carbons (Fsp3) is 0.0769. The maximum absolute atomic E-state index is 3.87. The highest BCUT2D eigenvalue weighted by Gasteiger charge is 2.15. The second kappa shape index (κ2) is 5.71. The number of hydrogen-bond acceptors (Lipinski definition) is 0. The molecule has 0 heterocycles. The lowest BCUT2D eigenvalue weighted by molar-refractivity contribution is 1.15. The maximum atomic E-state index is 3.87. The van der Waals surface area contributed by atoms with E-state index in [-0.39, 0.29) is 0 Å². The molecule has 0 aromatic heterocycles. The van der Waals surface area contributed by atoms with Gasteiger partial charge in [-0.15, -0.1) is 0 Å². The van der Waals surface area contributed by atoms with Gasteiger partial charge in [0, 0.05) is 0 Å². The lowest BCUT2D eigenvalue weighted by Gasteiger charge is -2.18. The summed E-state index contributed by atoms with van der Waals surface area (Å²) in [5.41, 5.74) is 5.21. The first-order chi connectivity index (χ1) is 12.8. The van der Waals surface area contributed by atoms with E-state index in [2.05, 4.69) is 86.3 Å². The van der Waals surface area contributed by atoms with Crippen LogP contribution >= 0.6 is 0 Å². The summed E-state index contributed by atoms with van der Waals surface area (Å²) in [6.07, 6.45) is 2.92. The van der Waals surface area contributed by atoms with Crippen molar-refractivity contribution in [2.75, 3.05) is 0 Å². The van der Waals surface area contributed by atoms with Crippen LogP contribution in [0.4, 0.5) is 0 Å². The van der Waals surface area contributed by atoms with E-state index >= 15 is 0 Å². The molecule has 0 nitrogen and oxygen atoms in total. The number of benzene rings is 5. The summed E-state index contributed by atoms with van der Waals surface area (Å²) in [4.78, 5) is 0. The average molecular weight is 332 g/mol. The van der Waals surface area contributed by atoms with Crippen LogP contribution in [0.15, 0.2) is 79.4 Å². The van der Waals surface area contributed by atoms with E-state index < -0.39 is 0 Å². The molecule has 0 saturated heterocycles. The first-order valence-corrected chi connectivity index (χ1v) is 9.22. The molecule has 0 saturated carbocycles. The summed E-state index contributed by atoms with van der Waals surface area (Å²) >= 11 is 0. The first kappa shape index (κ1) is 15.2. The Kier molecular flexibility index (Phi) is 3.33. The van der Waals surface area contributed by atoms with Crippen LogP contribution in [0.5, 0.6) is 0 Å². The molecule has 5 aromatic carbocycles. The van der Waals surface area contributed by atoms with E-state index in [1.54, 1.807) is 0 Å². The Morgan fingerprint density at radius 3 is 2.15 bits per heavy atom. The topological polar surface area (TPSA) is 0 Å². The van der Waals surface area contributed by atoms with Crippen LogP contribution in [-0.4, -0.2) is 0 Å². The lowest BCUT2D eigenvalue weighted by atomic mass is 9.86. The minimum absolute atomic E-state index is 1.02. The summed E-state index contributed by atoms with van der Waals surface area (Å²) in [6.45, 7) is 6.12. The van der Waals surface area contributed by atoms with Crippen molar-refractivity contribution in [2.45, 2.75) is 13.3 Å². The van der Waals surface area contributed by atoms with Crippen LogP contribution < -0.4 is 0 Å². The van der Waals surface area contributed by atoms with Crippen molar-refractivity contribution in [2.24, 2.45) is 0 Å². The number of aryl methyl sites for hydroxylation is 1. The molecular formula is C26H20. The molecule has 5 rings (SSSR count). The molecule has 0 heteroatoms. The molecule has 0 aliphatic heterocycles. The van der Waals surface area contributed by atoms with Crippen molar-refractivity contribution in [3.63, 3.8) is 0 Å². The van der Waals surface area contributed by atoms with Crippen molar-refractivity contribution in [1.29, 1.82) is 0 Å². The van der Waals surface area contributed by atoms with Gasteiger partial charge in [-0.1, -0.05) is 92.4 Å². The van der Waals surface area contributed by atoms with Gasteiger partial charge < -0.3 is 0 Å². The predicted molar refractivity (Wildman–Crippen MR) is 115 cm³/mol. The predicted octanol–water partition coefficient (Wildman–Crippen LogP) is 7.46. The molecule has 0 bridgehead atoms. The van der Waals surface area contributed by atoms with Gasteiger partial charge in [-0.05, 0) is 61.0 Å². The molecular weight excluding hydrogens is 312 g/mol. The molecule has 0 aliphatic rings. The van der Waals surface area contributed by atoms with Crippen LogP contribution in [0.2, 0.25) is 0 Å². The van der Waals surface area contributed by atoms with E-state index in [1.165, 1.54) is 49.0 Å². The van der Waals surface area contributed by atoms with Crippen LogP contribution in [-0.2, 0) is 6.42 Å². The highest BCUT2D eigenvalue weighted by Crippen LogP contribution is 2.41. The van der Waals surface area contributed by atoms with Gasteiger partial charge in [0.2, 0.25) is 0 Å². The Morgan fingerprint density at radius 2 is 1.46 bits per heavy atom. The zero-order valence-corrected chi connectivity index (χ0v) is 14.9. The minimum atomic E-state index is 1.02. The second-order valence-electron chi connectivity index (χ2n) is 6.95. The van der Waals surface area contributed by atoms with E-state index in [4.69, 9.17) is 0 Å². The van der Waals surface area contributed by atoms with E-state index in [0.717, 1.165) is 12.0 Å². The Balaban J connectivity index is 1.95. The fourth-order valence-electron chi connectivity index (χ4n) is 4.28. The molecule has 26 heavy (non-hydrogen) atoms. The van der Waals surface area contributed by atoms with Crippen molar-refractivity contribution >= 4 is 38.4 Å². The summed E-state index contributed by atoms with van der Waals surface area (Å²) in [5, 5.41) is 8.10. The molecule has 0 spiro atoms. The molecule has 0 aliphatic carbocycles. The molecule has 0 radical (unpaired) electrons. The Labute approximate surface area is 153 Å². The van der Waals surface area contributed by atoms with Gasteiger partial charge in [0.15, 0.2) is 0 Å². The summed E-state index contributed by atoms with van der Waals surface area (Å²) in [5.74, 6) is 0. The second-order valence-corrected chi connectivity index (χ2v) is 6.95. The highest BCUT2D eigenvalue weighted by molar-refractivity contribution is 6.25. The normalized spacial score (nSPS) is 11.6. The van der Waals surface area contributed by atoms with E-state index in [0.29, 0.717) is 0 Å². The van der Waals surface area contributed by atoms with Gasteiger partial charge in [0.05, 0.1) is 0 Å². The third-order valence-electron chi connectivity index (χ3n) is 5.55. The lowest BCUT2D eigenvalue weighted by Crippen LogP contribution is -1.93. The van der Waals surface area contributed by atoms with Gasteiger partial charge in [0.25, 0.3) is 0 Å². The minimum Gasteiger partial charge on any atom is -0.0985 e. The van der Waals surface area contributed by atoms with Gasteiger partial charge in [-0.25, -0.2) is 0 Å². The molecule has 0 fully saturated rings. The highest BCUT2D eigenvalue weighted by atomic mass is 14.2. The SMILES string of the molecule is C=Cc1ccc(-c2c(CC)cc3ccc4cccc5ccc2c3c45)cc1. The summed E-state index contributed by atoms with van der Waals surface area (Å²) in [7, 11) is 0. The van der Waals surface area contributed by atoms with Gasteiger partial charge in [-0.3, -0.25) is 0 Å². The van der Waals surface area contributed by atoms with Gasteiger partial charge in [0.1, 0.15) is 0 Å². The molecule has 0 amide bonds. The number of hydrogen-bond donors (Lipinski definition) is 0. The Hall–Kier alpha value is -3.12. The molecule has 0 atom stereocenters. The first-order valence-electron chi connectivity index (χ1n) is 9.22. The zero-order chi connectivity index (χ0) is 17.7. The van der Waals surface area contributed by atoms with Crippen molar-refractivity contribution in [3.8, 4) is 11.1 Å². The molecule has 0 unspecified atom stereocenters. The largest absolute Gasteiger partial charge is 0.0985 e. The van der Waals surface area contributed by atoms with Gasteiger partial charge >= 0.3 is 0 Å². The summed E-state index contributed by atoms with van der Waals surface area (Å²) < 4.78 is 0. The van der Waals surface area contributed by atoms with Crippen molar-refractivity contribution in [3.05, 3.63) is 90.5 Å². The standard InChI is InChI=1S/C26H20/c1-3-17-8-10-21(11-9-17)24-18(4-2)16-22-13-12-19-6-5-7-20-14-15-23(24)26(22)25(19)20/h3,5-16H,1,4H2,2H3. The van der Waals surface area contributed by atoms with Crippen LogP contribution in [0.3, 0.4) is 0 Å². The Morgan fingerprint density at radius 1 is 0.769 bits per heavy atom. The van der Waals surface area contributed by atoms with Crippen LogP contribution in [0.1, 0.15) is 18.1 Å². The monoisotopic (exact) mass is 332 g/mol. The maximum Gasteiger partial charge on any atom is -0.00204 e.